The molecule has 0 saturated carbocycles. The summed E-state index contributed by atoms with van der Waals surface area (Å²) < 4.78 is 28.1. The fourth-order valence-electron chi connectivity index (χ4n) is 4.43. The number of rotatable bonds is 9. The molecule has 8 nitrogen and oxygen atoms in total. The third-order valence-corrected chi connectivity index (χ3v) is 8.27. The van der Waals surface area contributed by atoms with E-state index in [1.165, 1.54) is 48.5 Å². The van der Waals surface area contributed by atoms with E-state index in [4.69, 9.17) is 11.6 Å². The number of carbonyl (C=O) groups is 3. The van der Waals surface area contributed by atoms with Gasteiger partial charge in [0.15, 0.2) is 5.78 Å². The summed E-state index contributed by atoms with van der Waals surface area (Å²) in [4.78, 5) is 40.0. The number of sulfonamides is 1. The zero-order chi connectivity index (χ0) is 31.3. The van der Waals surface area contributed by atoms with E-state index >= 15 is 0 Å². The minimum atomic E-state index is -3.93. The van der Waals surface area contributed by atoms with Crippen molar-refractivity contribution in [2.75, 3.05) is 15.4 Å². The number of aryl methyl sites for hydroxylation is 1. The van der Waals surface area contributed by atoms with Gasteiger partial charge in [0.2, 0.25) is 0 Å². The molecule has 0 bridgehead atoms. The molecule has 220 valence electrons. The number of hydrogen-bond donors (Lipinski definition) is 3. The third kappa shape index (κ3) is 7.03. The first-order valence-electron chi connectivity index (χ1n) is 13.4. The Morgan fingerprint density at radius 2 is 1.25 bits per heavy atom. The number of carbonyl (C=O) groups excluding carboxylic acids is 3. The number of halogens is 1. The lowest BCUT2D eigenvalue weighted by Gasteiger charge is -2.15. The minimum absolute atomic E-state index is 0.0129. The van der Waals surface area contributed by atoms with Gasteiger partial charge in [-0.2, -0.15) is 0 Å². The smallest absolute Gasteiger partial charge is 0.261 e. The zero-order valence-electron chi connectivity index (χ0n) is 23.4. The first-order chi connectivity index (χ1) is 21.1. The van der Waals surface area contributed by atoms with Crippen LogP contribution in [-0.4, -0.2) is 26.0 Å². The van der Waals surface area contributed by atoms with Crippen molar-refractivity contribution in [1.29, 1.82) is 0 Å². The van der Waals surface area contributed by atoms with Crippen LogP contribution in [-0.2, 0) is 10.0 Å². The highest BCUT2D eigenvalue weighted by atomic mass is 35.5. The first kappa shape index (κ1) is 30.2. The van der Waals surface area contributed by atoms with E-state index in [0.29, 0.717) is 21.8 Å². The molecule has 5 aromatic rings. The van der Waals surface area contributed by atoms with Gasteiger partial charge in [-0.05, 0) is 73.7 Å². The molecule has 2 amide bonds. The van der Waals surface area contributed by atoms with E-state index in [1.807, 2.05) is 13.0 Å². The average Bonchev–Trinajstić information content (AvgIpc) is 3.02. The standard InChI is InChI=1S/C34H26ClN3O5S/c1-22-14-19-31(29(20-22)32(39)23-8-3-2-4-9-23)37-34(41)28-12-5-6-13-30(28)36-33(40)24-10-7-11-26(21-24)38-44(42,43)27-17-15-25(35)16-18-27/h2-21,38H,1H3,(H,36,40)(H,37,41). The number of hydrogen-bond acceptors (Lipinski definition) is 5. The van der Waals surface area contributed by atoms with Gasteiger partial charge in [0, 0.05) is 27.4 Å². The Hall–Kier alpha value is -5.25. The third-order valence-electron chi connectivity index (χ3n) is 6.62. The van der Waals surface area contributed by atoms with E-state index in [-0.39, 0.29) is 33.2 Å². The summed E-state index contributed by atoms with van der Waals surface area (Å²) in [6.45, 7) is 1.86. The van der Waals surface area contributed by atoms with Gasteiger partial charge in [-0.1, -0.05) is 71.8 Å². The van der Waals surface area contributed by atoms with Crippen molar-refractivity contribution < 1.29 is 22.8 Å². The van der Waals surface area contributed by atoms with Crippen LogP contribution < -0.4 is 15.4 Å². The molecule has 5 rings (SSSR count). The number of ketones is 1. The van der Waals surface area contributed by atoms with Crippen LogP contribution >= 0.6 is 11.6 Å². The maximum atomic E-state index is 13.5. The van der Waals surface area contributed by atoms with Crippen molar-refractivity contribution in [1.82, 2.24) is 0 Å². The van der Waals surface area contributed by atoms with Gasteiger partial charge in [-0.25, -0.2) is 8.42 Å². The summed E-state index contributed by atoms with van der Waals surface area (Å²) in [7, 11) is -3.93. The minimum Gasteiger partial charge on any atom is -0.321 e. The monoisotopic (exact) mass is 623 g/mol. The van der Waals surface area contributed by atoms with Crippen LogP contribution in [0.2, 0.25) is 5.02 Å². The van der Waals surface area contributed by atoms with Crippen LogP contribution in [0.25, 0.3) is 0 Å². The van der Waals surface area contributed by atoms with Crippen molar-refractivity contribution in [2.24, 2.45) is 0 Å². The molecule has 0 atom stereocenters. The molecule has 0 aromatic heterocycles. The first-order valence-corrected chi connectivity index (χ1v) is 15.3. The molecule has 0 spiro atoms. The summed E-state index contributed by atoms with van der Waals surface area (Å²) in [5.74, 6) is -1.33. The molecular weight excluding hydrogens is 598 g/mol. The molecule has 3 N–H and O–H groups in total. The predicted octanol–water partition coefficient (Wildman–Crippen LogP) is 7.18. The number of nitrogens with one attached hydrogen (secondary N) is 3. The molecular formula is C34H26ClN3O5S. The second kappa shape index (κ2) is 12.9. The quantitative estimate of drug-likeness (QED) is 0.150. The van der Waals surface area contributed by atoms with Crippen LogP contribution in [0, 0.1) is 6.92 Å². The van der Waals surface area contributed by atoms with Crippen molar-refractivity contribution in [2.45, 2.75) is 11.8 Å². The van der Waals surface area contributed by atoms with Crippen molar-refractivity contribution in [3.05, 3.63) is 154 Å². The van der Waals surface area contributed by atoms with E-state index in [1.54, 1.807) is 66.7 Å². The second-order valence-corrected chi connectivity index (χ2v) is 12.0. The SMILES string of the molecule is Cc1ccc(NC(=O)c2ccccc2NC(=O)c2cccc(NS(=O)(=O)c3ccc(Cl)cc3)c2)c(C(=O)c2ccccc2)c1. The predicted molar refractivity (Wildman–Crippen MR) is 172 cm³/mol. The van der Waals surface area contributed by atoms with Crippen LogP contribution in [0.5, 0.6) is 0 Å². The summed E-state index contributed by atoms with van der Waals surface area (Å²) in [5, 5.41) is 5.95. The molecule has 0 radical (unpaired) electrons. The van der Waals surface area contributed by atoms with Crippen molar-refractivity contribution >= 4 is 56.3 Å². The molecule has 0 saturated heterocycles. The van der Waals surface area contributed by atoms with Gasteiger partial charge in [-0.3, -0.25) is 19.1 Å². The molecule has 0 unspecified atom stereocenters. The van der Waals surface area contributed by atoms with Gasteiger partial charge in [-0.15, -0.1) is 0 Å². The van der Waals surface area contributed by atoms with Gasteiger partial charge in [0.1, 0.15) is 0 Å². The maximum absolute atomic E-state index is 13.5. The Morgan fingerprint density at radius 3 is 2.00 bits per heavy atom. The number of para-hydroxylation sites is 1. The summed E-state index contributed by atoms with van der Waals surface area (Å²) in [5.41, 5.74) is 2.73. The Morgan fingerprint density at radius 1 is 0.614 bits per heavy atom. The van der Waals surface area contributed by atoms with E-state index in [0.717, 1.165) is 5.56 Å². The van der Waals surface area contributed by atoms with Crippen LogP contribution in [0.4, 0.5) is 17.1 Å². The molecule has 0 aliphatic carbocycles. The fraction of sp³-hybridized carbons (Fsp3) is 0.0294. The average molecular weight is 624 g/mol. The number of anilines is 3. The summed E-state index contributed by atoms with van der Waals surface area (Å²) in [6.07, 6.45) is 0. The Balaban J connectivity index is 1.35. The van der Waals surface area contributed by atoms with Gasteiger partial charge in [0.25, 0.3) is 21.8 Å². The van der Waals surface area contributed by atoms with Gasteiger partial charge in [0.05, 0.1) is 21.8 Å². The highest BCUT2D eigenvalue weighted by Crippen LogP contribution is 2.25. The van der Waals surface area contributed by atoms with E-state index < -0.39 is 21.8 Å². The zero-order valence-corrected chi connectivity index (χ0v) is 24.9. The molecule has 0 aliphatic heterocycles. The van der Waals surface area contributed by atoms with E-state index in [2.05, 4.69) is 15.4 Å². The topological polar surface area (TPSA) is 121 Å². The normalized spacial score (nSPS) is 11.0. The van der Waals surface area contributed by atoms with Crippen molar-refractivity contribution in [3.63, 3.8) is 0 Å². The highest BCUT2D eigenvalue weighted by Gasteiger charge is 2.20. The largest absolute Gasteiger partial charge is 0.321 e. The molecule has 0 aliphatic rings. The van der Waals surface area contributed by atoms with Crippen molar-refractivity contribution in [3.8, 4) is 0 Å². The Labute approximate surface area is 259 Å². The lowest BCUT2D eigenvalue weighted by Crippen LogP contribution is -2.20. The van der Waals surface area contributed by atoms with Gasteiger partial charge >= 0.3 is 0 Å². The fourth-order valence-corrected chi connectivity index (χ4v) is 5.60. The maximum Gasteiger partial charge on any atom is 0.261 e. The Kier molecular flexibility index (Phi) is 8.89. The number of amides is 2. The summed E-state index contributed by atoms with van der Waals surface area (Å²) >= 11 is 5.87. The van der Waals surface area contributed by atoms with E-state index in [9.17, 15) is 22.8 Å². The highest BCUT2D eigenvalue weighted by molar-refractivity contribution is 7.92. The molecule has 0 heterocycles. The molecule has 10 heteroatoms. The molecule has 0 fully saturated rings. The second-order valence-electron chi connectivity index (χ2n) is 9.84. The lowest BCUT2D eigenvalue weighted by molar-refractivity contribution is 0.102. The molecule has 44 heavy (non-hydrogen) atoms. The van der Waals surface area contributed by atoms with Crippen LogP contribution in [0.3, 0.4) is 0 Å². The van der Waals surface area contributed by atoms with Crippen LogP contribution in [0.15, 0.2) is 126 Å². The Bertz CT molecular complexity index is 1980. The number of benzene rings is 5. The lowest BCUT2D eigenvalue weighted by atomic mass is 9.99. The molecule has 5 aromatic carbocycles. The van der Waals surface area contributed by atoms with Gasteiger partial charge < -0.3 is 10.6 Å². The van der Waals surface area contributed by atoms with Crippen LogP contribution in [0.1, 0.15) is 42.2 Å². The summed E-state index contributed by atoms with van der Waals surface area (Å²) in [6, 6.07) is 32.0.